The van der Waals surface area contributed by atoms with Gasteiger partial charge >= 0.3 is 0 Å². The molecule has 94 valence electrons. The molecule has 1 aromatic carbocycles. The van der Waals surface area contributed by atoms with E-state index in [1.807, 2.05) is 6.07 Å². The molecule has 0 amide bonds. The number of rotatable bonds is 4. The fourth-order valence-electron chi connectivity index (χ4n) is 2.64. The molecule has 0 aliphatic carbocycles. The Hall–Kier alpha value is -0.730. The fraction of sp³-hybridized carbons (Fsp3) is 0.571. The average Bonchev–Trinajstić information content (AvgIpc) is 2.82. The van der Waals surface area contributed by atoms with Crippen LogP contribution in [0.5, 0.6) is 0 Å². The van der Waals surface area contributed by atoms with Crippen LogP contribution in [0.4, 0.5) is 5.69 Å². The van der Waals surface area contributed by atoms with Crippen LogP contribution in [-0.4, -0.2) is 19.6 Å². The quantitative estimate of drug-likeness (QED) is 0.890. The smallest absolute Gasteiger partial charge is 0.0461 e. The summed E-state index contributed by atoms with van der Waals surface area (Å²) in [6, 6.07) is 6.23. The Morgan fingerprint density at radius 2 is 2.06 bits per heavy atom. The van der Waals surface area contributed by atoms with E-state index in [-0.39, 0.29) is 0 Å². The second kappa shape index (κ2) is 5.74. The molecule has 2 N–H and O–H groups in total. The highest BCUT2D eigenvalue weighted by Crippen LogP contribution is 2.36. The summed E-state index contributed by atoms with van der Waals surface area (Å²) < 4.78 is 0. The monoisotopic (exact) mass is 252 g/mol. The predicted octanol–water partition coefficient (Wildman–Crippen LogP) is 3.39. The summed E-state index contributed by atoms with van der Waals surface area (Å²) in [4.78, 5) is 2.45. The predicted molar refractivity (Wildman–Crippen MR) is 75.0 cm³/mol. The van der Waals surface area contributed by atoms with Crippen LogP contribution in [0, 0.1) is 0 Å². The minimum atomic E-state index is 0.435. The normalized spacial score (nSPS) is 17.5. The molecular weight excluding hydrogens is 232 g/mol. The molecule has 1 aromatic rings. The van der Waals surface area contributed by atoms with Crippen molar-refractivity contribution >= 4 is 17.3 Å². The second-order valence-corrected chi connectivity index (χ2v) is 5.25. The fourth-order valence-corrected chi connectivity index (χ4v) is 3.00. The van der Waals surface area contributed by atoms with Crippen LogP contribution in [0.25, 0.3) is 0 Å². The molecule has 2 nitrogen and oxygen atoms in total. The largest absolute Gasteiger partial charge is 0.371 e. The molecule has 3 heteroatoms. The van der Waals surface area contributed by atoms with Gasteiger partial charge in [0.1, 0.15) is 0 Å². The van der Waals surface area contributed by atoms with Crippen molar-refractivity contribution in [2.75, 3.05) is 24.5 Å². The summed E-state index contributed by atoms with van der Waals surface area (Å²) in [6.45, 7) is 5.24. The molecule has 0 spiro atoms. The maximum absolute atomic E-state index is 6.37. The Labute approximate surface area is 109 Å². The number of halogens is 1. The second-order valence-electron chi connectivity index (χ2n) is 4.85. The van der Waals surface area contributed by atoms with Gasteiger partial charge in [-0.05, 0) is 49.4 Å². The number of hydrogen-bond acceptors (Lipinski definition) is 2. The van der Waals surface area contributed by atoms with E-state index in [9.17, 15) is 0 Å². The zero-order chi connectivity index (χ0) is 12.3. The maximum atomic E-state index is 6.37. The van der Waals surface area contributed by atoms with Gasteiger partial charge in [-0.1, -0.05) is 24.6 Å². The first kappa shape index (κ1) is 12.7. The van der Waals surface area contributed by atoms with Crippen molar-refractivity contribution in [2.24, 2.45) is 5.73 Å². The highest BCUT2D eigenvalue weighted by molar-refractivity contribution is 6.31. The first-order valence-corrected chi connectivity index (χ1v) is 6.85. The Morgan fingerprint density at radius 3 is 2.71 bits per heavy atom. The molecule has 1 unspecified atom stereocenters. The lowest BCUT2D eigenvalue weighted by Crippen LogP contribution is -2.20. The van der Waals surface area contributed by atoms with E-state index in [1.165, 1.54) is 24.1 Å². The third-order valence-electron chi connectivity index (χ3n) is 3.57. The van der Waals surface area contributed by atoms with Crippen molar-refractivity contribution < 1.29 is 0 Å². The lowest BCUT2D eigenvalue weighted by atomic mass is 9.95. The molecule has 0 bridgehead atoms. The zero-order valence-electron chi connectivity index (χ0n) is 10.5. The molecule has 0 aromatic heterocycles. The maximum Gasteiger partial charge on any atom is 0.0461 e. The summed E-state index contributed by atoms with van der Waals surface area (Å²) >= 11 is 6.37. The molecule has 2 rings (SSSR count). The lowest BCUT2D eigenvalue weighted by Gasteiger charge is -2.25. The molecule has 17 heavy (non-hydrogen) atoms. The minimum absolute atomic E-state index is 0.435. The van der Waals surface area contributed by atoms with E-state index in [2.05, 4.69) is 24.0 Å². The van der Waals surface area contributed by atoms with E-state index >= 15 is 0 Å². The van der Waals surface area contributed by atoms with E-state index in [0.717, 1.165) is 24.5 Å². The van der Waals surface area contributed by atoms with Gasteiger partial charge in [-0.3, -0.25) is 0 Å². The minimum Gasteiger partial charge on any atom is -0.371 e. The van der Waals surface area contributed by atoms with E-state index in [1.54, 1.807) is 0 Å². The molecular formula is C14H21ClN2. The third kappa shape index (κ3) is 2.75. The van der Waals surface area contributed by atoms with Gasteiger partial charge in [0.25, 0.3) is 0 Å². The summed E-state index contributed by atoms with van der Waals surface area (Å²) in [5, 5.41) is 0.885. The molecule has 1 heterocycles. The first-order chi connectivity index (χ1) is 8.24. The van der Waals surface area contributed by atoms with Gasteiger partial charge in [0.2, 0.25) is 0 Å². The molecule has 1 aliphatic heterocycles. The molecule has 1 saturated heterocycles. The van der Waals surface area contributed by atoms with Gasteiger partial charge in [-0.2, -0.15) is 0 Å². The Kier molecular flexibility index (Phi) is 4.30. The Bertz CT molecular complexity index is 372. The lowest BCUT2D eigenvalue weighted by molar-refractivity contribution is 0.687. The number of hydrogen-bond donors (Lipinski definition) is 1. The Morgan fingerprint density at radius 1 is 1.35 bits per heavy atom. The number of nitrogens with zero attached hydrogens (tertiary/aromatic N) is 1. The van der Waals surface area contributed by atoms with Gasteiger partial charge in [0.05, 0.1) is 0 Å². The van der Waals surface area contributed by atoms with Crippen molar-refractivity contribution in [3.63, 3.8) is 0 Å². The van der Waals surface area contributed by atoms with E-state index < -0.39 is 0 Å². The van der Waals surface area contributed by atoms with Crippen LogP contribution in [0.15, 0.2) is 18.2 Å². The van der Waals surface area contributed by atoms with Gasteiger partial charge in [0, 0.05) is 23.8 Å². The SMILES string of the molecule is CC(CCN)c1c(Cl)cccc1N1CCCC1. The van der Waals surface area contributed by atoms with Crippen LogP contribution in [-0.2, 0) is 0 Å². The third-order valence-corrected chi connectivity index (χ3v) is 3.90. The molecule has 0 radical (unpaired) electrons. The van der Waals surface area contributed by atoms with Crippen LogP contribution in [0.2, 0.25) is 5.02 Å². The summed E-state index contributed by atoms with van der Waals surface area (Å²) in [7, 11) is 0. The highest BCUT2D eigenvalue weighted by Gasteiger charge is 2.20. The van der Waals surface area contributed by atoms with Gasteiger partial charge in [-0.25, -0.2) is 0 Å². The van der Waals surface area contributed by atoms with Gasteiger partial charge in [0.15, 0.2) is 0 Å². The van der Waals surface area contributed by atoms with Gasteiger partial charge < -0.3 is 10.6 Å². The number of nitrogens with two attached hydrogens (primary N) is 1. The molecule has 1 aliphatic rings. The Balaban J connectivity index is 2.33. The van der Waals surface area contributed by atoms with Crippen LogP contribution in [0.1, 0.15) is 37.7 Å². The van der Waals surface area contributed by atoms with Crippen molar-refractivity contribution in [3.05, 3.63) is 28.8 Å². The summed E-state index contributed by atoms with van der Waals surface area (Å²) in [6.07, 6.45) is 3.57. The first-order valence-electron chi connectivity index (χ1n) is 6.47. The summed E-state index contributed by atoms with van der Waals surface area (Å²) in [5.41, 5.74) is 8.26. The summed E-state index contributed by atoms with van der Waals surface area (Å²) in [5.74, 6) is 0.435. The van der Waals surface area contributed by atoms with Crippen LogP contribution in [0.3, 0.4) is 0 Å². The van der Waals surface area contributed by atoms with Crippen LogP contribution >= 0.6 is 11.6 Å². The van der Waals surface area contributed by atoms with Gasteiger partial charge in [-0.15, -0.1) is 0 Å². The molecule has 1 fully saturated rings. The van der Waals surface area contributed by atoms with Crippen molar-refractivity contribution in [1.82, 2.24) is 0 Å². The topological polar surface area (TPSA) is 29.3 Å². The molecule has 0 saturated carbocycles. The van der Waals surface area contributed by atoms with Crippen molar-refractivity contribution in [3.8, 4) is 0 Å². The zero-order valence-corrected chi connectivity index (χ0v) is 11.2. The number of anilines is 1. The standard InChI is InChI=1S/C14H21ClN2/c1-11(7-8-16)14-12(15)5-4-6-13(14)17-9-2-3-10-17/h4-6,11H,2-3,7-10,16H2,1H3. The van der Waals surface area contributed by atoms with Crippen molar-refractivity contribution in [2.45, 2.75) is 32.1 Å². The van der Waals surface area contributed by atoms with Crippen molar-refractivity contribution in [1.29, 1.82) is 0 Å². The number of benzene rings is 1. The van der Waals surface area contributed by atoms with Crippen LogP contribution < -0.4 is 10.6 Å². The van der Waals surface area contributed by atoms with E-state index in [0.29, 0.717) is 12.5 Å². The molecule has 1 atom stereocenters. The van der Waals surface area contributed by atoms with E-state index in [4.69, 9.17) is 17.3 Å². The highest BCUT2D eigenvalue weighted by atomic mass is 35.5. The average molecular weight is 253 g/mol.